The highest BCUT2D eigenvalue weighted by atomic mass is 127. The molecule has 0 aromatic heterocycles. The van der Waals surface area contributed by atoms with Crippen molar-refractivity contribution in [3.63, 3.8) is 0 Å². The second-order valence-corrected chi connectivity index (χ2v) is 4.31. The Bertz CT molecular complexity index is 239. The molecule has 106 valence electrons. The third kappa shape index (κ3) is 12.1. The SMILES string of the molecule is COCCOCCCNC(=O)CCNC(=O)CI. The molecule has 6 nitrogen and oxygen atoms in total. The van der Waals surface area contributed by atoms with Gasteiger partial charge in [0.15, 0.2) is 0 Å². The molecule has 0 aromatic carbocycles. The van der Waals surface area contributed by atoms with E-state index in [1.807, 2.05) is 22.6 Å². The zero-order valence-corrected chi connectivity index (χ0v) is 12.8. The molecule has 0 heterocycles. The van der Waals surface area contributed by atoms with Crippen LogP contribution >= 0.6 is 22.6 Å². The van der Waals surface area contributed by atoms with Crippen molar-refractivity contribution in [3.8, 4) is 0 Å². The molecule has 2 amide bonds. The minimum atomic E-state index is -0.0550. The molecule has 0 aliphatic carbocycles. The molecule has 0 aromatic rings. The number of carbonyl (C=O) groups excluding carboxylic acids is 2. The highest BCUT2D eigenvalue weighted by Crippen LogP contribution is 1.85. The summed E-state index contributed by atoms with van der Waals surface area (Å²) in [5.41, 5.74) is 0. The maximum Gasteiger partial charge on any atom is 0.229 e. The number of nitrogens with one attached hydrogen (secondary N) is 2. The number of amides is 2. The standard InChI is InChI=1S/C11H21IN2O4/c1-17-7-8-18-6-2-4-13-10(15)3-5-14-11(16)9-12/h2-9H2,1H3,(H,13,15)(H,14,16). The quantitative estimate of drug-likeness (QED) is 0.306. The topological polar surface area (TPSA) is 76.7 Å². The van der Waals surface area contributed by atoms with Crippen LogP contribution in [0.15, 0.2) is 0 Å². The lowest BCUT2D eigenvalue weighted by molar-refractivity contribution is -0.121. The van der Waals surface area contributed by atoms with Crippen LogP contribution < -0.4 is 10.6 Å². The molecule has 18 heavy (non-hydrogen) atoms. The molecule has 0 bridgehead atoms. The van der Waals surface area contributed by atoms with Crippen molar-refractivity contribution in [1.29, 1.82) is 0 Å². The second-order valence-electron chi connectivity index (χ2n) is 3.54. The van der Waals surface area contributed by atoms with E-state index in [0.29, 0.717) is 43.8 Å². The Morgan fingerprint density at radius 1 is 1.06 bits per heavy atom. The average Bonchev–Trinajstić information content (AvgIpc) is 2.37. The number of halogens is 1. The highest BCUT2D eigenvalue weighted by Gasteiger charge is 2.02. The van der Waals surface area contributed by atoms with Gasteiger partial charge in [0.25, 0.3) is 0 Å². The van der Waals surface area contributed by atoms with Gasteiger partial charge in [-0.05, 0) is 6.42 Å². The van der Waals surface area contributed by atoms with Crippen molar-refractivity contribution in [2.45, 2.75) is 12.8 Å². The van der Waals surface area contributed by atoms with E-state index in [0.717, 1.165) is 6.42 Å². The summed E-state index contributed by atoms with van der Waals surface area (Å²) >= 11 is 1.98. The third-order valence-electron chi connectivity index (χ3n) is 2.02. The first kappa shape index (κ1) is 17.6. The lowest BCUT2D eigenvalue weighted by atomic mass is 10.3. The molecular weight excluding hydrogens is 351 g/mol. The molecule has 0 saturated heterocycles. The van der Waals surface area contributed by atoms with Gasteiger partial charge in [0.05, 0.1) is 17.6 Å². The van der Waals surface area contributed by atoms with E-state index in [1.54, 1.807) is 7.11 Å². The van der Waals surface area contributed by atoms with Gasteiger partial charge in [-0.1, -0.05) is 22.6 Å². The molecule has 0 radical (unpaired) electrons. The third-order valence-corrected chi connectivity index (χ3v) is 2.71. The Morgan fingerprint density at radius 2 is 1.78 bits per heavy atom. The van der Waals surface area contributed by atoms with Crippen LogP contribution in [0.5, 0.6) is 0 Å². The van der Waals surface area contributed by atoms with Crippen molar-refractivity contribution < 1.29 is 19.1 Å². The van der Waals surface area contributed by atoms with Gasteiger partial charge < -0.3 is 20.1 Å². The van der Waals surface area contributed by atoms with E-state index in [9.17, 15) is 9.59 Å². The molecule has 0 atom stereocenters. The Hall–Kier alpha value is -0.410. The summed E-state index contributed by atoms with van der Waals surface area (Å²) < 4.78 is 10.5. The Morgan fingerprint density at radius 3 is 2.44 bits per heavy atom. The Kier molecular flexibility index (Phi) is 12.7. The van der Waals surface area contributed by atoms with Crippen molar-refractivity contribution >= 4 is 34.4 Å². The van der Waals surface area contributed by atoms with Gasteiger partial charge in [0.2, 0.25) is 11.8 Å². The number of carbonyl (C=O) groups is 2. The lowest BCUT2D eigenvalue weighted by Crippen LogP contribution is -2.31. The molecule has 0 rings (SSSR count). The van der Waals surface area contributed by atoms with E-state index in [2.05, 4.69) is 10.6 Å². The summed E-state index contributed by atoms with van der Waals surface area (Å²) in [5, 5.41) is 5.40. The van der Waals surface area contributed by atoms with Gasteiger partial charge in [-0.3, -0.25) is 9.59 Å². The molecule has 2 N–H and O–H groups in total. The zero-order valence-electron chi connectivity index (χ0n) is 10.7. The van der Waals surface area contributed by atoms with Crippen LogP contribution in [0.4, 0.5) is 0 Å². The molecule has 0 aliphatic heterocycles. The van der Waals surface area contributed by atoms with E-state index in [1.165, 1.54) is 0 Å². The predicted octanol–water partition coefficient (Wildman–Crippen LogP) is 0.0970. The summed E-state index contributed by atoms with van der Waals surface area (Å²) in [6.45, 7) is 2.74. The number of alkyl halides is 1. The summed E-state index contributed by atoms with van der Waals surface area (Å²) in [5.74, 6) is -0.101. The Balaban J connectivity index is 3.24. The highest BCUT2D eigenvalue weighted by molar-refractivity contribution is 14.1. The lowest BCUT2D eigenvalue weighted by Gasteiger charge is -2.06. The van der Waals surface area contributed by atoms with Gasteiger partial charge in [-0.15, -0.1) is 0 Å². The van der Waals surface area contributed by atoms with Crippen LogP contribution in [-0.2, 0) is 19.1 Å². The number of hydrogen-bond acceptors (Lipinski definition) is 4. The fraction of sp³-hybridized carbons (Fsp3) is 0.818. The molecule has 7 heteroatoms. The van der Waals surface area contributed by atoms with Gasteiger partial charge in [0, 0.05) is 33.2 Å². The van der Waals surface area contributed by atoms with Gasteiger partial charge in [-0.25, -0.2) is 0 Å². The van der Waals surface area contributed by atoms with E-state index in [-0.39, 0.29) is 11.8 Å². The number of hydrogen-bond donors (Lipinski definition) is 2. The average molecular weight is 372 g/mol. The summed E-state index contributed by atoms with van der Waals surface area (Å²) in [4.78, 5) is 22.2. The largest absolute Gasteiger partial charge is 0.382 e. The van der Waals surface area contributed by atoms with E-state index < -0.39 is 0 Å². The van der Waals surface area contributed by atoms with Gasteiger partial charge in [-0.2, -0.15) is 0 Å². The molecule has 0 unspecified atom stereocenters. The summed E-state index contributed by atoms with van der Waals surface area (Å²) in [6.07, 6.45) is 1.09. The smallest absolute Gasteiger partial charge is 0.229 e. The van der Waals surface area contributed by atoms with Crippen LogP contribution in [0, 0.1) is 0 Å². The van der Waals surface area contributed by atoms with E-state index >= 15 is 0 Å². The normalized spacial score (nSPS) is 10.1. The first-order valence-electron chi connectivity index (χ1n) is 5.86. The van der Waals surface area contributed by atoms with Crippen molar-refractivity contribution in [3.05, 3.63) is 0 Å². The van der Waals surface area contributed by atoms with Crippen LogP contribution in [-0.4, -0.2) is 56.3 Å². The Labute approximate surface area is 121 Å². The summed E-state index contributed by atoms with van der Waals surface area (Å²) in [6, 6.07) is 0. The minimum absolute atomic E-state index is 0.0463. The molecule has 0 aliphatic rings. The number of ether oxygens (including phenoxy) is 2. The molecular formula is C11H21IN2O4. The first-order valence-corrected chi connectivity index (χ1v) is 7.39. The van der Waals surface area contributed by atoms with Crippen LogP contribution in [0.2, 0.25) is 0 Å². The van der Waals surface area contributed by atoms with Crippen LogP contribution in [0.1, 0.15) is 12.8 Å². The fourth-order valence-electron chi connectivity index (χ4n) is 1.10. The fourth-order valence-corrected chi connectivity index (χ4v) is 1.37. The second kappa shape index (κ2) is 13.0. The monoisotopic (exact) mass is 372 g/mol. The summed E-state index contributed by atoms with van der Waals surface area (Å²) in [7, 11) is 1.63. The first-order chi connectivity index (χ1) is 8.70. The van der Waals surface area contributed by atoms with Crippen molar-refractivity contribution in [2.24, 2.45) is 0 Å². The van der Waals surface area contributed by atoms with E-state index in [4.69, 9.17) is 9.47 Å². The van der Waals surface area contributed by atoms with Crippen molar-refractivity contribution in [1.82, 2.24) is 10.6 Å². The minimum Gasteiger partial charge on any atom is -0.382 e. The van der Waals surface area contributed by atoms with Crippen LogP contribution in [0.3, 0.4) is 0 Å². The number of methoxy groups -OCH3 is 1. The number of rotatable bonds is 11. The maximum absolute atomic E-state index is 11.3. The van der Waals surface area contributed by atoms with Crippen LogP contribution in [0.25, 0.3) is 0 Å². The molecule has 0 fully saturated rings. The zero-order chi connectivity index (χ0) is 13.6. The molecule has 0 saturated carbocycles. The molecule has 0 spiro atoms. The predicted molar refractivity (Wildman–Crippen MR) is 76.8 cm³/mol. The van der Waals surface area contributed by atoms with Crippen molar-refractivity contribution in [2.75, 3.05) is 44.4 Å². The maximum atomic E-state index is 11.3. The van der Waals surface area contributed by atoms with Gasteiger partial charge >= 0.3 is 0 Å². The van der Waals surface area contributed by atoms with Gasteiger partial charge in [0.1, 0.15) is 0 Å².